The van der Waals surface area contributed by atoms with E-state index in [-0.39, 0.29) is 18.9 Å². The van der Waals surface area contributed by atoms with Crippen molar-refractivity contribution in [2.75, 3.05) is 13.2 Å². The molecule has 3 N–H and O–H groups in total. The molecule has 2 amide bonds. The Morgan fingerprint density at radius 1 is 1.09 bits per heavy atom. The molecule has 0 saturated heterocycles. The number of amides is 2. The molecule has 3 rings (SSSR count). The molecular formula is C25H29N5O5. The second-order valence-corrected chi connectivity index (χ2v) is 8.86. The summed E-state index contributed by atoms with van der Waals surface area (Å²) in [5, 5.41) is 18.0. The van der Waals surface area contributed by atoms with E-state index in [1.54, 1.807) is 0 Å². The summed E-state index contributed by atoms with van der Waals surface area (Å²) in [5.74, 6) is -1.69. The number of azide groups is 1. The van der Waals surface area contributed by atoms with E-state index in [0.29, 0.717) is 19.4 Å². The monoisotopic (exact) mass is 479 g/mol. The van der Waals surface area contributed by atoms with Gasteiger partial charge in [0.05, 0.1) is 0 Å². The van der Waals surface area contributed by atoms with Gasteiger partial charge in [0, 0.05) is 17.4 Å². The Kier molecular flexibility index (Phi) is 8.33. The number of rotatable bonds is 11. The van der Waals surface area contributed by atoms with Crippen molar-refractivity contribution in [2.45, 2.75) is 50.6 Å². The van der Waals surface area contributed by atoms with Gasteiger partial charge in [0.25, 0.3) is 0 Å². The van der Waals surface area contributed by atoms with E-state index >= 15 is 0 Å². The van der Waals surface area contributed by atoms with Crippen LogP contribution in [0.1, 0.15) is 50.2 Å². The molecule has 10 nitrogen and oxygen atoms in total. The van der Waals surface area contributed by atoms with Gasteiger partial charge in [-0.1, -0.05) is 53.6 Å². The first-order valence-electron chi connectivity index (χ1n) is 11.4. The van der Waals surface area contributed by atoms with E-state index in [1.165, 1.54) is 13.8 Å². The number of ether oxygens (including phenoxy) is 1. The lowest BCUT2D eigenvalue weighted by Crippen LogP contribution is -2.42. The fraction of sp³-hybridized carbons (Fsp3) is 0.400. The summed E-state index contributed by atoms with van der Waals surface area (Å²) in [4.78, 5) is 38.7. The number of carbonyl (C=O) groups is 3. The second kappa shape index (κ2) is 11.4. The average Bonchev–Trinajstić information content (AvgIpc) is 3.15. The quantitative estimate of drug-likeness (QED) is 0.189. The summed E-state index contributed by atoms with van der Waals surface area (Å²) < 4.78 is 5.43. The normalized spacial score (nSPS) is 13.1. The number of nitrogens with one attached hydrogen (secondary N) is 2. The van der Waals surface area contributed by atoms with Crippen molar-refractivity contribution in [3.05, 3.63) is 70.1 Å². The maximum atomic E-state index is 12.4. The number of nitrogens with zero attached hydrogens (tertiary/aromatic N) is 3. The lowest BCUT2D eigenvalue weighted by molar-refractivity contribution is -0.139. The summed E-state index contributed by atoms with van der Waals surface area (Å²) >= 11 is 0. The van der Waals surface area contributed by atoms with Gasteiger partial charge < -0.3 is 20.5 Å². The minimum atomic E-state index is -1.20. The molecule has 0 saturated carbocycles. The first kappa shape index (κ1) is 25.6. The van der Waals surface area contributed by atoms with Crippen LogP contribution in [0.4, 0.5) is 4.79 Å². The van der Waals surface area contributed by atoms with Gasteiger partial charge in [-0.25, -0.2) is 9.59 Å². The molecule has 0 heterocycles. The van der Waals surface area contributed by atoms with E-state index in [1.807, 2.05) is 48.5 Å². The minimum Gasteiger partial charge on any atom is -0.480 e. The highest BCUT2D eigenvalue weighted by molar-refractivity contribution is 5.85. The van der Waals surface area contributed by atoms with E-state index in [4.69, 9.17) is 10.3 Å². The number of carboxylic acid groups (broad SMARTS) is 1. The van der Waals surface area contributed by atoms with Crippen LogP contribution >= 0.6 is 0 Å². The number of unbranched alkanes of at least 4 members (excludes halogenated alkanes) is 1. The number of hydrogen-bond donors (Lipinski definition) is 3. The Labute approximate surface area is 203 Å². The van der Waals surface area contributed by atoms with Gasteiger partial charge in [0.1, 0.15) is 18.2 Å². The van der Waals surface area contributed by atoms with Gasteiger partial charge in [-0.05, 0) is 60.9 Å². The van der Waals surface area contributed by atoms with Gasteiger partial charge in [0.2, 0.25) is 5.91 Å². The molecule has 0 fully saturated rings. The minimum absolute atomic E-state index is 0.0964. The average molecular weight is 480 g/mol. The molecule has 184 valence electrons. The molecule has 0 spiro atoms. The summed E-state index contributed by atoms with van der Waals surface area (Å²) in [7, 11) is 0. The molecule has 0 aromatic heterocycles. The summed E-state index contributed by atoms with van der Waals surface area (Å²) in [5.41, 5.74) is 11.7. The van der Waals surface area contributed by atoms with Gasteiger partial charge >= 0.3 is 12.1 Å². The van der Waals surface area contributed by atoms with Crippen molar-refractivity contribution >= 4 is 18.0 Å². The zero-order valence-electron chi connectivity index (χ0n) is 19.7. The van der Waals surface area contributed by atoms with Crippen LogP contribution in [-0.2, 0) is 14.3 Å². The molecule has 2 aromatic rings. The molecule has 0 bridgehead atoms. The third-order valence-corrected chi connectivity index (χ3v) is 5.99. The summed E-state index contributed by atoms with van der Waals surface area (Å²) in [6.45, 7) is 3.39. The van der Waals surface area contributed by atoms with Crippen LogP contribution in [0.3, 0.4) is 0 Å². The fourth-order valence-electron chi connectivity index (χ4n) is 4.09. The van der Waals surface area contributed by atoms with Crippen LogP contribution in [0.2, 0.25) is 0 Å². The molecule has 0 unspecified atom stereocenters. The summed E-state index contributed by atoms with van der Waals surface area (Å²) in [6.07, 6.45) is 0.329. The smallest absolute Gasteiger partial charge is 0.407 e. The number of hydrogen-bond acceptors (Lipinski definition) is 5. The van der Waals surface area contributed by atoms with E-state index < -0.39 is 29.6 Å². The molecule has 35 heavy (non-hydrogen) atoms. The van der Waals surface area contributed by atoms with Crippen molar-refractivity contribution in [3.63, 3.8) is 0 Å². The van der Waals surface area contributed by atoms with Crippen LogP contribution < -0.4 is 10.6 Å². The number of carbonyl (C=O) groups excluding carboxylic acids is 2. The molecule has 0 aliphatic heterocycles. The third-order valence-electron chi connectivity index (χ3n) is 5.99. The second-order valence-electron chi connectivity index (χ2n) is 8.86. The first-order valence-corrected chi connectivity index (χ1v) is 11.4. The number of benzene rings is 2. The number of carboxylic acids is 1. The van der Waals surface area contributed by atoms with Gasteiger partial charge in [-0.3, -0.25) is 4.79 Å². The van der Waals surface area contributed by atoms with Crippen LogP contribution in [-0.4, -0.2) is 47.8 Å². The number of fused-ring (bicyclic) bond motifs is 3. The van der Waals surface area contributed by atoms with E-state index in [0.717, 1.165) is 22.3 Å². The zero-order valence-corrected chi connectivity index (χ0v) is 19.7. The summed E-state index contributed by atoms with van der Waals surface area (Å²) in [6, 6.07) is 14.8. The first-order chi connectivity index (χ1) is 16.7. The van der Waals surface area contributed by atoms with Crippen molar-refractivity contribution in [1.82, 2.24) is 10.6 Å². The molecule has 1 aliphatic carbocycles. The highest BCUT2D eigenvalue weighted by Gasteiger charge is 2.30. The van der Waals surface area contributed by atoms with Crippen molar-refractivity contribution in [3.8, 4) is 11.1 Å². The van der Waals surface area contributed by atoms with Crippen molar-refractivity contribution < 1.29 is 24.2 Å². The highest BCUT2D eigenvalue weighted by Crippen LogP contribution is 2.44. The molecule has 1 aliphatic rings. The predicted octanol–water partition coefficient (Wildman–Crippen LogP) is 4.35. The Hall–Kier alpha value is -4.04. The lowest BCUT2D eigenvalue weighted by Gasteiger charge is -2.18. The highest BCUT2D eigenvalue weighted by atomic mass is 16.5. The van der Waals surface area contributed by atoms with Gasteiger partial charge in [-0.15, -0.1) is 0 Å². The molecule has 0 radical (unpaired) electrons. The molecule has 2 aromatic carbocycles. The largest absolute Gasteiger partial charge is 0.480 e. The molecule has 1 atom stereocenters. The Morgan fingerprint density at radius 2 is 1.69 bits per heavy atom. The van der Waals surface area contributed by atoms with Gasteiger partial charge in [0.15, 0.2) is 0 Å². The maximum Gasteiger partial charge on any atom is 0.407 e. The van der Waals surface area contributed by atoms with Crippen molar-refractivity contribution in [2.24, 2.45) is 5.11 Å². The third kappa shape index (κ3) is 6.30. The van der Waals surface area contributed by atoms with E-state index in [2.05, 4.69) is 20.7 Å². The van der Waals surface area contributed by atoms with E-state index in [9.17, 15) is 19.5 Å². The Morgan fingerprint density at radius 3 is 2.26 bits per heavy atom. The fourth-order valence-corrected chi connectivity index (χ4v) is 4.09. The standard InChI is InChI=1S/C25H29N5O5/c1-25(2,29-30-26)23(33)27-14-8-7-13-21(22(31)32)28-24(34)35-15-20-18-11-5-3-9-16(18)17-10-4-6-12-19(17)20/h3-6,9-12,20-21H,7-8,13-15H2,1-2H3,(H,27,33)(H,28,34)(H,31,32)/t21-/m0/s1. The van der Waals surface area contributed by atoms with Gasteiger partial charge in [-0.2, -0.15) is 0 Å². The molecule has 10 heteroatoms. The van der Waals surface area contributed by atoms with Crippen LogP contribution in [0.15, 0.2) is 53.6 Å². The van der Waals surface area contributed by atoms with Crippen LogP contribution in [0.25, 0.3) is 21.6 Å². The Bertz CT molecular complexity index is 1100. The number of alkyl carbamates (subject to hydrolysis) is 1. The van der Waals surface area contributed by atoms with Crippen molar-refractivity contribution in [1.29, 1.82) is 0 Å². The Balaban J connectivity index is 1.47. The topological polar surface area (TPSA) is 153 Å². The zero-order chi connectivity index (χ0) is 25.4. The van der Waals surface area contributed by atoms with Crippen LogP contribution in [0.5, 0.6) is 0 Å². The number of aliphatic carboxylic acids is 1. The lowest BCUT2D eigenvalue weighted by atomic mass is 9.98. The maximum absolute atomic E-state index is 12.4. The van der Waals surface area contributed by atoms with Crippen LogP contribution in [0, 0.1) is 0 Å². The molecular weight excluding hydrogens is 450 g/mol. The SMILES string of the molecule is CC(C)(N=[N+]=[N-])C(=O)NCCCC[C@H](NC(=O)OCC1c2ccccc2-c2ccccc21)C(=O)O. The predicted molar refractivity (Wildman–Crippen MR) is 130 cm³/mol.